The third kappa shape index (κ3) is 3.79. The summed E-state index contributed by atoms with van der Waals surface area (Å²) in [5.74, 6) is 0.198. The highest BCUT2D eigenvalue weighted by atomic mass is 16.2. The van der Waals surface area contributed by atoms with Crippen molar-refractivity contribution in [3.63, 3.8) is 0 Å². The molecule has 3 rings (SSSR count). The molecule has 140 valence electrons. The largest absolute Gasteiger partial charge is 0.340 e. The van der Waals surface area contributed by atoms with E-state index in [1.165, 1.54) is 0 Å². The lowest BCUT2D eigenvalue weighted by molar-refractivity contribution is -0.130. The molecule has 6 heteroatoms. The molecule has 0 bridgehead atoms. The second-order valence-corrected chi connectivity index (χ2v) is 7.15. The predicted molar refractivity (Wildman–Crippen MR) is 103 cm³/mol. The molecule has 1 aliphatic rings. The molecule has 0 saturated carbocycles. The number of nitrogens with zero attached hydrogens (tertiary/aromatic N) is 2. The Hall–Kier alpha value is -2.91. The number of H-pyrrole nitrogens is 1. The summed E-state index contributed by atoms with van der Waals surface area (Å²) in [6, 6.07) is 11.9. The monoisotopic (exact) mass is 364 g/mol. The van der Waals surface area contributed by atoms with Crippen LogP contribution in [0.25, 0.3) is 0 Å². The lowest BCUT2D eigenvalue weighted by Gasteiger charge is -2.17. The number of carbonyl (C=O) groups excluding carboxylic acids is 1. The number of amides is 1. The van der Waals surface area contributed by atoms with Gasteiger partial charge < -0.3 is 15.6 Å². The molecule has 1 aliphatic heterocycles. The van der Waals surface area contributed by atoms with Crippen LogP contribution in [0.5, 0.6) is 0 Å². The summed E-state index contributed by atoms with van der Waals surface area (Å²) >= 11 is 0. The normalized spacial score (nSPS) is 19.1. The molecule has 3 N–H and O–H groups in total. The highest BCUT2D eigenvalue weighted by molar-refractivity contribution is 5.77. The maximum Gasteiger partial charge on any atom is 0.266 e. The van der Waals surface area contributed by atoms with Crippen molar-refractivity contribution < 1.29 is 4.79 Å². The zero-order valence-corrected chi connectivity index (χ0v) is 15.7. The summed E-state index contributed by atoms with van der Waals surface area (Å²) in [7, 11) is 0. The zero-order chi connectivity index (χ0) is 19.6. The summed E-state index contributed by atoms with van der Waals surface area (Å²) in [5.41, 5.74) is 9.42. The third-order valence-electron chi connectivity index (χ3n) is 5.45. The molecule has 1 aromatic carbocycles. The van der Waals surface area contributed by atoms with Gasteiger partial charge >= 0.3 is 0 Å². The number of aromatic amines is 1. The molecule has 1 amide bonds. The third-order valence-corrected chi connectivity index (χ3v) is 5.45. The molecule has 0 unspecified atom stereocenters. The standard InChI is InChI=1S/C21H24N4O2/c1-13-16(14(2)24-21(27)17(13)10-22)8-9-20(26)25-11-18(19(23)12-25)15-6-4-3-5-7-15/h3-7,18-19H,8-9,11-12,23H2,1-2H3,(H,24,27)/t18-,19+/m0/s1. The summed E-state index contributed by atoms with van der Waals surface area (Å²) in [5, 5.41) is 9.17. The molecule has 0 aliphatic carbocycles. The Morgan fingerprint density at radius 3 is 2.67 bits per heavy atom. The molecular formula is C21H24N4O2. The Morgan fingerprint density at radius 1 is 1.30 bits per heavy atom. The van der Waals surface area contributed by atoms with Crippen LogP contribution in [0.4, 0.5) is 0 Å². The first-order valence-corrected chi connectivity index (χ1v) is 9.13. The molecule has 1 saturated heterocycles. The lowest BCUT2D eigenvalue weighted by Crippen LogP contribution is -2.32. The first-order valence-electron chi connectivity index (χ1n) is 9.13. The van der Waals surface area contributed by atoms with Crippen molar-refractivity contribution in [2.45, 2.75) is 38.6 Å². The Balaban J connectivity index is 1.69. The number of aryl methyl sites for hydroxylation is 1. The molecule has 0 spiro atoms. The number of carbonyl (C=O) groups is 1. The van der Waals surface area contributed by atoms with Crippen LogP contribution in [0.15, 0.2) is 35.1 Å². The first-order chi connectivity index (χ1) is 12.9. The van der Waals surface area contributed by atoms with E-state index in [9.17, 15) is 14.9 Å². The van der Waals surface area contributed by atoms with E-state index in [4.69, 9.17) is 5.73 Å². The minimum atomic E-state index is -0.376. The van der Waals surface area contributed by atoms with Gasteiger partial charge in [-0.25, -0.2) is 0 Å². The van der Waals surface area contributed by atoms with Gasteiger partial charge in [0.15, 0.2) is 0 Å². The van der Waals surface area contributed by atoms with Crippen molar-refractivity contribution in [2.75, 3.05) is 13.1 Å². The second-order valence-electron chi connectivity index (χ2n) is 7.15. The summed E-state index contributed by atoms with van der Waals surface area (Å²) < 4.78 is 0. The fraction of sp³-hybridized carbons (Fsp3) is 0.381. The number of likely N-dealkylation sites (tertiary alicyclic amines) is 1. The molecule has 27 heavy (non-hydrogen) atoms. The van der Waals surface area contributed by atoms with E-state index >= 15 is 0 Å². The quantitative estimate of drug-likeness (QED) is 0.862. The molecular weight excluding hydrogens is 340 g/mol. The van der Waals surface area contributed by atoms with Gasteiger partial charge in [-0.1, -0.05) is 30.3 Å². The summed E-state index contributed by atoms with van der Waals surface area (Å²) in [4.78, 5) is 29.1. The van der Waals surface area contributed by atoms with Gasteiger partial charge in [-0.05, 0) is 37.0 Å². The van der Waals surface area contributed by atoms with Crippen molar-refractivity contribution in [2.24, 2.45) is 5.73 Å². The van der Waals surface area contributed by atoms with Gasteiger partial charge in [-0.15, -0.1) is 0 Å². The minimum absolute atomic E-state index is 0.0485. The lowest BCUT2D eigenvalue weighted by atomic mass is 9.95. The van der Waals surface area contributed by atoms with Crippen molar-refractivity contribution >= 4 is 5.91 Å². The van der Waals surface area contributed by atoms with E-state index in [2.05, 4.69) is 17.1 Å². The number of aromatic nitrogens is 1. The van der Waals surface area contributed by atoms with Gasteiger partial charge in [0, 0.05) is 37.2 Å². The highest BCUT2D eigenvalue weighted by Gasteiger charge is 2.33. The molecule has 1 aromatic heterocycles. The number of nitrogens with one attached hydrogen (secondary N) is 1. The van der Waals surface area contributed by atoms with Gasteiger partial charge in [0.2, 0.25) is 5.91 Å². The minimum Gasteiger partial charge on any atom is -0.340 e. The van der Waals surface area contributed by atoms with Gasteiger partial charge in [0.05, 0.1) is 0 Å². The Kier molecular flexibility index (Phi) is 5.43. The molecule has 6 nitrogen and oxygen atoms in total. The first kappa shape index (κ1) is 18.9. The Morgan fingerprint density at radius 2 is 2.00 bits per heavy atom. The molecule has 2 atom stereocenters. The van der Waals surface area contributed by atoms with E-state index in [1.807, 2.05) is 29.2 Å². The van der Waals surface area contributed by atoms with Gasteiger partial charge in [0.25, 0.3) is 5.56 Å². The van der Waals surface area contributed by atoms with Crippen LogP contribution in [0.2, 0.25) is 0 Å². The number of pyridine rings is 1. The molecule has 2 aromatic rings. The van der Waals surface area contributed by atoms with Gasteiger partial charge in [0.1, 0.15) is 11.6 Å². The van der Waals surface area contributed by atoms with E-state index < -0.39 is 0 Å². The maximum atomic E-state index is 12.7. The average Bonchev–Trinajstić information content (AvgIpc) is 3.04. The topological polar surface area (TPSA) is 103 Å². The number of hydrogen-bond acceptors (Lipinski definition) is 4. The fourth-order valence-electron chi connectivity index (χ4n) is 3.90. The Bertz CT molecular complexity index is 943. The van der Waals surface area contributed by atoms with Crippen LogP contribution in [-0.2, 0) is 11.2 Å². The highest BCUT2D eigenvalue weighted by Crippen LogP contribution is 2.27. The van der Waals surface area contributed by atoms with Crippen molar-refractivity contribution in [1.29, 1.82) is 5.26 Å². The van der Waals surface area contributed by atoms with Crippen LogP contribution >= 0.6 is 0 Å². The number of nitrogens with two attached hydrogens (primary N) is 1. The smallest absolute Gasteiger partial charge is 0.266 e. The van der Waals surface area contributed by atoms with Crippen molar-refractivity contribution in [3.05, 3.63) is 68.6 Å². The van der Waals surface area contributed by atoms with Crippen LogP contribution in [-0.4, -0.2) is 34.9 Å². The number of benzene rings is 1. The van der Waals surface area contributed by atoms with Crippen LogP contribution in [0.3, 0.4) is 0 Å². The number of hydrogen-bond donors (Lipinski definition) is 2. The number of nitriles is 1. The second kappa shape index (κ2) is 7.77. The summed E-state index contributed by atoms with van der Waals surface area (Å²) in [6.45, 7) is 4.73. The van der Waals surface area contributed by atoms with E-state index in [0.29, 0.717) is 37.2 Å². The van der Waals surface area contributed by atoms with Crippen LogP contribution in [0, 0.1) is 25.2 Å². The van der Waals surface area contributed by atoms with Crippen molar-refractivity contribution in [3.8, 4) is 6.07 Å². The molecule has 2 heterocycles. The Labute approximate surface area is 158 Å². The fourth-order valence-corrected chi connectivity index (χ4v) is 3.90. The summed E-state index contributed by atoms with van der Waals surface area (Å²) in [6.07, 6.45) is 0.816. The zero-order valence-electron chi connectivity index (χ0n) is 15.7. The molecule has 0 radical (unpaired) electrons. The maximum absolute atomic E-state index is 12.7. The molecule has 1 fully saturated rings. The van der Waals surface area contributed by atoms with Crippen LogP contribution < -0.4 is 11.3 Å². The predicted octanol–water partition coefficient (Wildman–Crippen LogP) is 1.75. The van der Waals surface area contributed by atoms with Crippen LogP contribution in [0.1, 0.15) is 40.3 Å². The van der Waals surface area contributed by atoms with Crippen molar-refractivity contribution in [1.82, 2.24) is 9.88 Å². The van der Waals surface area contributed by atoms with E-state index in [-0.39, 0.29) is 29.0 Å². The van der Waals surface area contributed by atoms with E-state index in [1.54, 1.807) is 13.8 Å². The van der Waals surface area contributed by atoms with Gasteiger partial charge in [-0.3, -0.25) is 9.59 Å². The SMILES string of the molecule is Cc1[nH]c(=O)c(C#N)c(C)c1CCC(=O)N1C[C@@H](N)[C@H](c2ccccc2)C1. The average molecular weight is 364 g/mol. The van der Waals surface area contributed by atoms with E-state index in [0.717, 1.165) is 11.1 Å². The number of rotatable bonds is 4. The van der Waals surface area contributed by atoms with Gasteiger partial charge in [-0.2, -0.15) is 5.26 Å².